The third-order valence-electron chi connectivity index (χ3n) is 7.19. The number of benzene rings is 1. The van der Waals surface area contributed by atoms with Gasteiger partial charge in [0.1, 0.15) is 11.6 Å². The molecule has 1 aliphatic carbocycles. The molecule has 34 heavy (non-hydrogen) atoms. The van der Waals surface area contributed by atoms with Gasteiger partial charge in [0.15, 0.2) is 0 Å². The highest BCUT2D eigenvalue weighted by molar-refractivity contribution is 7.09. The molecule has 2 atom stereocenters. The zero-order chi connectivity index (χ0) is 23.8. The molecule has 1 aliphatic heterocycles. The molecule has 1 aromatic carbocycles. The van der Waals surface area contributed by atoms with Gasteiger partial charge in [0.05, 0.1) is 12.8 Å². The molecule has 5 rings (SSSR count). The number of furan rings is 1. The summed E-state index contributed by atoms with van der Waals surface area (Å²) in [5, 5.41) is 0.836. The Kier molecular flexibility index (Phi) is 6.23. The average molecular weight is 479 g/mol. The standard InChI is InChI=1S/C27H34N4O2S/c1-26(2)15-21-16-27(3,18-26)19-31(21)24(32)11-12-30(17-22-10-7-13-33-22)25-28-23(29-34-25)14-20-8-5-4-6-9-20/h4-10,13,21H,11-12,14-19H2,1-3H3. The van der Waals surface area contributed by atoms with Crippen LogP contribution in [0.3, 0.4) is 0 Å². The fourth-order valence-electron chi connectivity index (χ4n) is 6.18. The molecule has 2 aromatic heterocycles. The molecule has 2 aliphatic rings. The van der Waals surface area contributed by atoms with Crippen LogP contribution >= 0.6 is 11.5 Å². The highest BCUT2D eigenvalue weighted by Gasteiger charge is 2.50. The van der Waals surface area contributed by atoms with Crippen molar-refractivity contribution in [1.29, 1.82) is 0 Å². The van der Waals surface area contributed by atoms with Crippen LogP contribution in [0.4, 0.5) is 5.13 Å². The predicted molar refractivity (Wildman–Crippen MR) is 135 cm³/mol. The summed E-state index contributed by atoms with van der Waals surface area (Å²) in [6, 6.07) is 14.5. The Labute approximate surface area is 206 Å². The monoisotopic (exact) mass is 478 g/mol. The predicted octanol–water partition coefficient (Wildman–Crippen LogP) is 5.55. The van der Waals surface area contributed by atoms with E-state index in [1.807, 2.05) is 30.3 Å². The van der Waals surface area contributed by atoms with Gasteiger partial charge in [0.25, 0.3) is 0 Å². The smallest absolute Gasteiger partial charge is 0.224 e. The normalized spacial score (nSPS) is 23.3. The van der Waals surface area contributed by atoms with Crippen LogP contribution in [-0.2, 0) is 17.8 Å². The van der Waals surface area contributed by atoms with Crippen molar-refractivity contribution in [3.63, 3.8) is 0 Å². The van der Waals surface area contributed by atoms with E-state index in [0.717, 1.165) is 36.1 Å². The van der Waals surface area contributed by atoms with Crippen LogP contribution in [0.1, 0.15) is 63.6 Å². The van der Waals surface area contributed by atoms with Crippen molar-refractivity contribution in [2.45, 2.75) is 65.5 Å². The molecule has 1 saturated carbocycles. The summed E-state index contributed by atoms with van der Waals surface area (Å²) in [6.45, 7) is 9.11. The summed E-state index contributed by atoms with van der Waals surface area (Å²) in [7, 11) is 0. The molecule has 2 bridgehead atoms. The Morgan fingerprint density at radius 3 is 2.76 bits per heavy atom. The fourth-order valence-corrected chi connectivity index (χ4v) is 6.89. The van der Waals surface area contributed by atoms with Crippen LogP contribution in [0, 0.1) is 10.8 Å². The van der Waals surface area contributed by atoms with Crippen molar-refractivity contribution >= 4 is 22.6 Å². The number of carbonyl (C=O) groups excluding carboxylic acids is 1. The zero-order valence-corrected chi connectivity index (χ0v) is 21.2. The Morgan fingerprint density at radius 1 is 1.18 bits per heavy atom. The first kappa shape index (κ1) is 23.1. The molecule has 6 nitrogen and oxygen atoms in total. The molecule has 1 saturated heterocycles. The van der Waals surface area contributed by atoms with Crippen molar-refractivity contribution < 1.29 is 9.21 Å². The number of anilines is 1. The maximum Gasteiger partial charge on any atom is 0.224 e. The maximum atomic E-state index is 13.4. The minimum atomic E-state index is 0.251. The lowest BCUT2D eigenvalue weighted by Crippen LogP contribution is -2.39. The SMILES string of the molecule is CC1(C)CC2CC(C)(CN2C(=O)CCN(Cc2ccco2)c2nc(Cc3ccccc3)ns2)C1. The van der Waals surface area contributed by atoms with Gasteiger partial charge < -0.3 is 14.2 Å². The summed E-state index contributed by atoms with van der Waals surface area (Å²) < 4.78 is 10.2. The molecule has 2 fully saturated rings. The number of aromatic nitrogens is 2. The Balaban J connectivity index is 1.27. The molecule has 2 unspecified atom stereocenters. The molecule has 7 heteroatoms. The van der Waals surface area contributed by atoms with E-state index in [9.17, 15) is 4.79 Å². The molecule has 0 N–H and O–H groups in total. The van der Waals surface area contributed by atoms with Crippen molar-refractivity contribution in [2.75, 3.05) is 18.0 Å². The third kappa shape index (κ3) is 5.19. The van der Waals surface area contributed by atoms with Crippen LogP contribution < -0.4 is 4.90 Å². The molecule has 3 heterocycles. The topological polar surface area (TPSA) is 62.5 Å². The zero-order valence-electron chi connectivity index (χ0n) is 20.4. The van der Waals surface area contributed by atoms with Gasteiger partial charge in [0, 0.05) is 43.5 Å². The van der Waals surface area contributed by atoms with E-state index in [4.69, 9.17) is 9.40 Å². The summed E-state index contributed by atoms with van der Waals surface area (Å²) >= 11 is 1.40. The van der Waals surface area contributed by atoms with E-state index in [1.165, 1.54) is 23.5 Å². The lowest BCUT2D eigenvalue weighted by molar-refractivity contribution is -0.132. The largest absolute Gasteiger partial charge is 0.467 e. The molecule has 3 aromatic rings. The van der Waals surface area contributed by atoms with Gasteiger partial charge in [-0.1, -0.05) is 51.1 Å². The van der Waals surface area contributed by atoms with E-state index >= 15 is 0 Å². The Morgan fingerprint density at radius 2 is 2.00 bits per heavy atom. The fraction of sp³-hybridized carbons (Fsp3) is 0.519. The number of carbonyl (C=O) groups is 1. The van der Waals surface area contributed by atoms with Crippen LogP contribution in [0.2, 0.25) is 0 Å². The third-order valence-corrected chi connectivity index (χ3v) is 8.01. The Bertz CT molecular complexity index is 1110. The molecule has 0 radical (unpaired) electrons. The van der Waals surface area contributed by atoms with Crippen LogP contribution in [0.15, 0.2) is 53.1 Å². The van der Waals surface area contributed by atoms with E-state index in [-0.39, 0.29) is 11.3 Å². The first-order valence-electron chi connectivity index (χ1n) is 12.2. The van der Waals surface area contributed by atoms with Gasteiger partial charge in [0.2, 0.25) is 11.0 Å². The molecule has 0 spiro atoms. The van der Waals surface area contributed by atoms with E-state index < -0.39 is 0 Å². The highest BCUT2D eigenvalue weighted by atomic mass is 32.1. The lowest BCUT2D eigenvalue weighted by Gasteiger charge is -2.39. The summed E-state index contributed by atoms with van der Waals surface area (Å²) in [6.07, 6.45) is 6.30. The lowest BCUT2D eigenvalue weighted by atomic mass is 9.65. The van der Waals surface area contributed by atoms with Gasteiger partial charge in [-0.25, -0.2) is 4.98 Å². The molecule has 1 amide bonds. The number of hydrogen-bond donors (Lipinski definition) is 0. The van der Waals surface area contributed by atoms with E-state index in [2.05, 4.69) is 47.1 Å². The van der Waals surface area contributed by atoms with Crippen molar-refractivity contribution in [3.05, 3.63) is 65.9 Å². The second-order valence-electron chi connectivity index (χ2n) is 11.1. The second kappa shape index (κ2) is 9.17. The summed E-state index contributed by atoms with van der Waals surface area (Å²) in [5.41, 5.74) is 1.75. The van der Waals surface area contributed by atoms with Crippen LogP contribution in [-0.4, -0.2) is 39.3 Å². The van der Waals surface area contributed by atoms with Gasteiger partial charge in [-0.15, -0.1) is 0 Å². The molecule has 180 valence electrons. The van der Waals surface area contributed by atoms with E-state index in [0.29, 0.717) is 37.4 Å². The van der Waals surface area contributed by atoms with Crippen LogP contribution in [0.25, 0.3) is 0 Å². The average Bonchev–Trinajstić information content (AvgIpc) is 3.51. The van der Waals surface area contributed by atoms with Crippen molar-refractivity contribution in [3.8, 4) is 0 Å². The van der Waals surface area contributed by atoms with Crippen molar-refractivity contribution in [2.24, 2.45) is 10.8 Å². The summed E-state index contributed by atoms with van der Waals surface area (Å²) in [4.78, 5) is 22.5. The number of amides is 1. The summed E-state index contributed by atoms with van der Waals surface area (Å²) in [5.74, 6) is 1.92. The quantitative estimate of drug-likeness (QED) is 0.425. The number of nitrogens with zero attached hydrogens (tertiary/aromatic N) is 4. The highest BCUT2D eigenvalue weighted by Crippen LogP contribution is 2.52. The van der Waals surface area contributed by atoms with Gasteiger partial charge in [-0.2, -0.15) is 4.37 Å². The molecular formula is C27H34N4O2S. The minimum absolute atomic E-state index is 0.251. The second-order valence-corrected chi connectivity index (χ2v) is 11.9. The van der Waals surface area contributed by atoms with Gasteiger partial charge in [-0.3, -0.25) is 4.79 Å². The minimum Gasteiger partial charge on any atom is -0.467 e. The van der Waals surface area contributed by atoms with Gasteiger partial charge >= 0.3 is 0 Å². The van der Waals surface area contributed by atoms with Gasteiger partial charge in [-0.05, 0) is 47.8 Å². The first-order valence-corrected chi connectivity index (χ1v) is 13.0. The van der Waals surface area contributed by atoms with Crippen LogP contribution in [0.5, 0.6) is 0 Å². The number of rotatable bonds is 8. The van der Waals surface area contributed by atoms with Crippen molar-refractivity contribution in [1.82, 2.24) is 14.3 Å². The number of fused-ring (bicyclic) bond motifs is 2. The maximum absolute atomic E-state index is 13.4. The molecular weight excluding hydrogens is 444 g/mol. The first-order chi connectivity index (χ1) is 16.3. The number of likely N-dealkylation sites (tertiary alicyclic amines) is 1. The Hall–Kier alpha value is -2.67. The number of hydrogen-bond acceptors (Lipinski definition) is 6. The van der Waals surface area contributed by atoms with E-state index in [1.54, 1.807) is 6.26 Å².